The Morgan fingerprint density at radius 2 is 0.857 bits per heavy atom. The van der Waals surface area contributed by atoms with Gasteiger partial charge in [-0.05, 0) is 101 Å². The van der Waals surface area contributed by atoms with E-state index in [0.717, 1.165) is 94.3 Å². The van der Waals surface area contributed by atoms with Crippen molar-refractivity contribution in [2.24, 2.45) is 0 Å². The molecule has 9 aromatic carbocycles. The molecule has 294 valence electrons. The second-order valence-electron chi connectivity index (χ2n) is 16.1. The smallest absolute Gasteiger partial charge is 0.160 e. The van der Waals surface area contributed by atoms with Crippen LogP contribution in [-0.2, 0) is 0 Å². The molecule has 0 saturated heterocycles. The maximum absolute atomic E-state index is 6.71. The molecule has 13 rings (SSSR count). The Bertz CT molecular complexity index is 3900. The maximum Gasteiger partial charge on any atom is 0.160 e. The van der Waals surface area contributed by atoms with Crippen molar-refractivity contribution in [1.29, 1.82) is 0 Å². The van der Waals surface area contributed by atoms with Gasteiger partial charge in [0.2, 0.25) is 0 Å². The number of hydrogen-bond acceptors (Lipinski definition) is 4. The van der Waals surface area contributed by atoms with Crippen molar-refractivity contribution in [3.8, 4) is 61.8 Å². The molecule has 0 bridgehead atoms. The molecule has 5 nitrogen and oxygen atoms in total. The van der Waals surface area contributed by atoms with Crippen LogP contribution in [0.25, 0.3) is 128 Å². The molecule has 0 fully saturated rings. The van der Waals surface area contributed by atoms with Gasteiger partial charge in [-0.25, -0.2) is 9.97 Å². The van der Waals surface area contributed by atoms with E-state index in [4.69, 9.17) is 18.8 Å². The average molecular weight is 806 g/mol. The third-order valence-electron chi connectivity index (χ3n) is 12.4. The molecule has 13 aromatic rings. The lowest BCUT2D eigenvalue weighted by Gasteiger charge is -2.10. The van der Waals surface area contributed by atoms with Gasteiger partial charge in [0.15, 0.2) is 5.82 Å². The first-order chi connectivity index (χ1) is 31.2. The van der Waals surface area contributed by atoms with Gasteiger partial charge in [-0.3, -0.25) is 0 Å². The van der Waals surface area contributed by atoms with E-state index in [1.165, 1.54) is 27.4 Å². The zero-order valence-corrected chi connectivity index (χ0v) is 33.9. The van der Waals surface area contributed by atoms with Crippen LogP contribution in [0.2, 0.25) is 0 Å². The van der Waals surface area contributed by atoms with Gasteiger partial charge < -0.3 is 13.4 Å². The molecule has 4 aromatic heterocycles. The normalized spacial score (nSPS) is 11.8. The second kappa shape index (κ2) is 14.0. The van der Waals surface area contributed by atoms with Gasteiger partial charge in [-0.15, -0.1) is 0 Å². The summed E-state index contributed by atoms with van der Waals surface area (Å²) in [5.74, 6) is 0.653. The summed E-state index contributed by atoms with van der Waals surface area (Å²) in [6.07, 6.45) is 0. The molecule has 0 aliphatic heterocycles. The van der Waals surface area contributed by atoms with E-state index in [1.807, 2.05) is 48.5 Å². The third-order valence-corrected chi connectivity index (χ3v) is 12.4. The van der Waals surface area contributed by atoms with Gasteiger partial charge in [-0.1, -0.05) is 133 Å². The maximum atomic E-state index is 6.71. The average Bonchev–Trinajstić information content (AvgIpc) is 4.03. The molecule has 0 atom stereocenters. The quantitative estimate of drug-likeness (QED) is 0.168. The first kappa shape index (κ1) is 35.2. The molecule has 63 heavy (non-hydrogen) atoms. The number of hydrogen-bond donors (Lipinski definition) is 0. The number of nitrogens with zero attached hydrogens (tertiary/aromatic N) is 3. The van der Waals surface area contributed by atoms with Gasteiger partial charge in [0.05, 0.1) is 22.4 Å². The zero-order chi connectivity index (χ0) is 41.4. The predicted octanol–water partition coefficient (Wildman–Crippen LogP) is 15.7. The summed E-state index contributed by atoms with van der Waals surface area (Å²) in [7, 11) is 0. The van der Waals surface area contributed by atoms with E-state index in [2.05, 4.69) is 168 Å². The number of rotatable bonds is 6. The highest BCUT2D eigenvalue weighted by Gasteiger charge is 2.19. The highest BCUT2D eigenvalue weighted by Crippen LogP contribution is 2.42. The molecule has 5 heteroatoms. The van der Waals surface area contributed by atoms with Crippen LogP contribution in [0.15, 0.2) is 221 Å². The number of para-hydroxylation sites is 2. The molecular formula is C58H35N3O2. The van der Waals surface area contributed by atoms with E-state index < -0.39 is 0 Å². The van der Waals surface area contributed by atoms with Crippen molar-refractivity contribution in [1.82, 2.24) is 14.5 Å². The fraction of sp³-hybridized carbons (Fsp3) is 0. The molecule has 0 N–H and O–H groups in total. The summed E-state index contributed by atoms with van der Waals surface area (Å²) in [6.45, 7) is 0. The van der Waals surface area contributed by atoms with Gasteiger partial charge >= 0.3 is 0 Å². The second-order valence-corrected chi connectivity index (χ2v) is 16.1. The minimum atomic E-state index is 0.653. The lowest BCUT2D eigenvalue weighted by molar-refractivity contribution is 0.668. The van der Waals surface area contributed by atoms with Crippen LogP contribution in [0.5, 0.6) is 0 Å². The minimum absolute atomic E-state index is 0.653. The number of benzene rings is 9. The summed E-state index contributed by atoms with van der Waals surface area (Å²) in [4.78, 5) is 10.4. The topological polar surface area (TPSA) is 57.0 Å². The standard InChI is InChI=1S/C58H35N3O2/c1-4-13-36(14-5-1)38-25-29-51-47(31-38)48-32-39(26-30-52(48)61(51)42-17-8-3-9-18-42)40-23-28-46-56(33-40)63-54-22-12-20-45(57(46)54)50-35-49(59-58(60-50)37-15-6-2-7-16-37)41-24-27-44-43-19-10-11-21-53(43)62-55(44)34-41/h1-35H. The molecule has 4 heterocycles. The molecule has 0 radical (unpaired) electrons. The molecule has 0 amide bonds. The molecule has 0 saturated carbocycles. The van der Waals surface area contributed by atoms with Crippen molar-refractivity contribution in [2.45, 2.75) is 0 Å². The number of aromatic nitrogens is 3. The van der Waals surface area contributed by atoms with Crippen LogP contribution in [0.1, 0.15) is 0 Å². The Morgan fingerprint density at radius 1 is 0.317 bits per heavy atom. The monoisotopic (exact) mass is 805 g/mol. The van der Waals surface area contributed by atoms with E-state index in [9.17, 15) is 0 Å². The predicted molar refractivity (Wildman–Crippen MR) is 258 cm³/mol. The number of fused-ring (bicyclic) bond motifs is 9. The van der Waals surface area contributed by atoms with Gasteiger partial charge in [-0.2, -0.15) is 0 Å². The lowest BCUT2D eigenvalue weighted by Crippen LogP contribution is -1.96. The highest BCUT2D eigenvalue weighted by molar-refractivity contribution is 6.14. The van der Waals surface area contributed by atoms with Crippen LogP contribution in [0, 0.1) is 0 Å². The fourth-order valence-electron chi connectivity index (χ4n) is 9.42. The molecule has 0 aliphatic rings. The summed E-state index contributed by atoms with van der Waals surface area (Å²) < 4.78 is 15.4. The number of furan rings is 2. The largest absolute Gasteiger partial charge is 0.456 e. The van der Waals surface area contributed by atoms with Crippen molar-refractivity contribution >= 4 is 65.7 Å². The first-order valence-corrected chi connectivity index (χ1v) is 21.2. The van der Waals surface area contributed by atoms with Crippen LogP contribution in [-0.4, -0.2) is 14.5 Å². The van der Waals surface area contributed by atoms with Crippen molar-refractivity contribution in [3.63, 3.8) is 0 Å². The minimum Gasteiger partial charge on any atom is -0.456 e. The first-order valence-electron chi connectivity index (χ1n) is 21.2. The molecular weight excluding hydrogens is 771 g/mol. The van der Waals surface area contributed by atoms with E-state index in [0.29, 0.717) is 5.82 Å². The lowest BCUT2D eigenvalue weighted by atomic mass is 9.98. The van der Waals surface area contributed by atoms with Crippen LogP contribution in [0.3, 0.4) is 0 Å². The van der Waals surface area contributed by atoms with Gasteiger partial charge in [0, 0.05) is 54.7 Å². The Kier molecular flexibility index (Phi) is 7.84. The fourth-order valence-corrected chi connectivity index (χ4v) is 9.42. The molecule has 0 aliphatic carbocycles. The van der Waals surface area contributed by atoms with Crippen molar-refractivity contribution in [3.05, 3.63) is 212 Å². The SMILES string of the molecule is c1ccc(-c2ccc3c(c2)c2cc(-c4ccc5c(c4)oc4cccc(-c6cc(-c7ccc8c(c7)oc7ccccc78)nc(-c7ccccc7)n6)c45)ccc2n3-c2ccccc2)cc1. The molecule has 0 unspecified atom stereocenters. The van der Waals surface area contributed by atoms with Gasteiger partial charge in [0.1, 0.15) is 22.3 Å². The summed E-state index contributed by atoms with van der Waals surface area (Å²) in [6, 6.07) is 74.4. The van der Waals surface area contributed by atoms with E-state index >= 15 is 0 Å². The Balaban J connectivity index is 0.952. The zero-order valence-electron chi connectivity index (χ0n) is 33.9. The highest BCUT2D eigenvalue weighted by atomic mass is 16.3. The van der Waals surface area contributed by atoms with Crippen LogP contribution in [0.4, 0.5) is 0 Å². The van der Waals surface area contributed by atoms with E-state index in [1.54, 1.807) is 0 Å². The third kappa shape index (κ3) is 5.78. The van der Waals surface area contributed by atoms with Gasteiger partial charge in [0.25, 0.3) is 0 Å². The van der Waals surface area contributed by atoms with E-state index in [-0.39, 0.29) is 0 Å². The Morgan fingerprint density at radius 3 is 1.63 bits per heavy atom. The summed E-state index contributed by atoms with van der Waals surface area (Å²) in [5.41, 5.74) is 15.9. The molecule has 0 spiro atoms. The Hall–Kier alpha value is -8.54. The van der Waals surface area contributed by atoms with Crippen LogP contribution >= 0.6 is 0 Å². The van der Waals surface area contributed by atoms with Crippen molar-refractivity contribution < 1.29 is 8.83 Å². The summed E-state index contributed by atoms with van der Waals surface area (Å²) in [5, 5.41) is 6.64. The van der Waals surface area contributed by atoms with Crippen LogP contribution < -0.4 is 0 Å². The Labute approximate surface area is 361 Å². The van der Waals surface area contributed by atoms with Crippen molar-refractivity contribution in [2.75, 3.05) is 0 Å². The summed E-state index contributed by atoms with van der Waals surface area (Å²) >= 11 is 0.